The molecule has 6 heteroatoms. The maximum atomic E-state index is 12.9. The van der Waals surface area contributed by atoms with Crippen molar-refractivity contribution in [2.45, 2.75) is 33.4 Å². The number of fused-ring (bicyclic) bond motifs is 1. The van der Waals surface area contributed by atoms with Gasteiger partial charge in [0.25, 0.3) is 0 Å². The molecule has 35 heavy (non-hydrogen) atoms. The third-order valence-corrected chi connectivity index (χ3v) is 5.94. The fourth-order valence-electron chi connectivity index (χ4n) is 4.21. The van der Waals surface area contributed by atoms with Gasteiger partial charge in [-0.2, -0.15) is 0 Å². The van der Waals surface area contributed by atoms with E-state index in [9.17, 15) is 9.90 Å². The van der Waals surface area contributed by atoms with Crippen molar-refractivity contribution in [2.24, 2.45) is 0 Å². The summed E-state index contributed by atoms with van der Waals surface area (Å²) < 4.78 is 13.3. The van der Waals surface area contributed by atoms with Crippen LogP contribution in [-0.2, 0) is 11.3 Å². The second-order valence-electron chi connectivity index (χ2n) is 8.61. The van der Waals surface area contributed by atoms with Crippen molar-refractivity contribution in [3.8, 4) is 11.4 Å². The summed E-state index contributed by atoms with van der Waals surface area (Å²) in [6.07, 6.45) is -0.669. The predicted molar refractivity (Wildman–Crippen MR) is 138 cm³/mol. The molecule has 0 aliphatic heterocycles. The highest BCUT2D eigenvalue weighted by molar-refractivity contribution is 6.07. The summed E-state index contributed by atoms with van der Waals surface area (Å²) >= 11 is 0. The van der Waals surface area contributed by atoms with E-state index in [4.69, 9.17) is 9.47 Å². The van der Waals surface area contributed by atoms with Crippen LogP contribution in [0.1, 0.15) is 34.1 Å². The molecule has 1 atom stereocenters. The number of hydrogen-bond acceptors (Lipinski definition) is 5. The molecule has 0 fully saturated rings. The van der Waals surface area contributed by atoms with Crippen LogP contribution in [0.4, 0.5) is 0 Å². The van der Waals surface area contributed by atoms with E-state index in [0.29, 0.717) is 31.0 Å². The van der Waals surface area contributed by atoms with Gasteiger partial charge in [-0.25, -0.2) is 4.79 Å². The normalized spacial score (nSPS) is 12.0. The van der Waals surface area contributed by atoms with Gasteiger partial charge in [0.15, 0.2) is 0 Å². The van der Waals surface area contributed by atoms with Crippen molar-refractivity contribution >= 4 is 16.9 Å². The number of ether oxygens (including phenoxy) is 2. The molecule has 182 valence electrons. The molecule has 0 aliphatic carbocycles. The average molecular weight is 473 g/mol. The fraction of sp³-hybridized carbons (Fsp3) is 0.276. The Bertz CT molecular complexity index is 1280. The van der Waals surface area contributed by atoms with Crippen molar-refractivity contribution < 1.29 is 19.4 Å². The molecular weight excluding hydrogens is 440 g/mol. The first-order valence-electron chi connectivity index (χ1n) is 11.9. The summed E-state index contributed by atoms with van der Waals surface area (Å²) in [6, 6.07) is 23.9. The van der Waals surface area contributed by atoms with E-state index in [1.165, 1.54) is 5.56 Å². The Hall–Kier alpha value is -3.61. The molecule has 0 saturated carbocycles. The smallest absolute Gasteiger partial charge is 0.340 e. The Morgan fingerprint density at radius 3 is 2.49 bits per heavy atom. The van der Waals surface area contributed by atoms with Crippen LogP contribution in [0.15, 0.2) is 72.8 Å². The molecule has 3 aromatic carbocycles. The minimum atomic E-state index is -0.669. The van der Waals surface area contributed by atoms with Gasteiger partial charge in [0.2, 0.25) is 0 Å². The van der Waals surface area contributed by atoms with E-state index in [0.717, 1.165) is 27.8 Å². The average Bonchev–Trinajstić information content (AvgIpc) is 3.15. The summed E-state index contributed by atoms with van der Waals surface area (Å²) in [5, 5.41) is 14.4. The van der Waals surface area contributed by atoms with Gasteiger partial charge in [-0.05, 0) is 56.7 Å². The number of benzene rings is 3. The molecule has 1 heterocycles. The molecule has 6 nitrogen and oxygen atoms in total. The van der Waals surface area contributed by atoms with Gasteiger partial charge >= 0.3 is 5.97 Å². The van der Waals surface area contributed by atoms with Gasteiger partial charge in [0, 0.05) is 29.9 Å². The lowest BCUT2D eigenvalue weighted by molar-refractivity contribution is 0.0527. The van der Waals surface area contributed by atoms with Crippen molar-refractivity contribution in [1.82, 2.24) is 9.88 Å². The van der Waals surface area contributed by atoms with Gasteiger partial charge in [-0.15, -0.1) is 0 Å². The quantitative estimate of drug-likeness (QED) is 0.320. The zero-order valence-corrected chi connectivity index (χ0v) is 20.5. The number of hydrogen-bond donors (Lipinski definition) is 2. The van der Waals surface area contributed by atoms with E-state index in [-0.39, 0.29) is 12.6 Å². The highest BCUT2D eigenvalue weighted by Crippen LogP contribution is 2.32. The van der Waals surface area contributed by atoms with Crippen LogP contribution in [0.25, 0.3) is 16.6 Å². The van der Waals surface area contributed by atoms with Crippen LogP contribution in [0.2, 0.25) is 0 Å². The number of nitrogens with one attached hydrogen (secondary N) is 1. The molecule has 0 aliphatic rings. The van der Waals surface area contributed by atoms with Crippen molar-refractivity contribution in [3.05, 3.63) is 95.2 Å². The number of rotatable bonds is 10. The fourth-order valence-corrected chi connectivity index (χ4v) is 4.21. The highest BCUT2D eigenvalue weighted by atomic mass is 16.5. The lowest BCUT2D eigenvalue weighted by atomic mass is 10.1. The van der Waals surface area contributed by atoms with Crippen LogP contribution in [-0.4, -0.2) is 41.5 Å². The second kappa shape index (κ2) is 11.2. The minimum Gasteiger partial charge on any atom is -0.491 e. The van der Waals surface area contributed by atoms with Crippen molar-refractivity contribution in [3.63, 3.8) is 0 Å². The monoisotopic (exact) mass is 472 g/mol. The Kier molecular flexibility index (Phi) is 7.85. The first kappa shape index (κ1) is 24.5. The Morgan fingerprint density at radius 1 is 1.03 bits per heavy atom. The topological polar surface area (TPSA) is 72.7 Å². The van der Waals surface area contributed by atoms with Gasteiger partial charge in [0.05, 0.1) is 17.7 Å². The van der Waals surface area contributed by atoms with Crippen LogP contribution >= 0.6 is 0 Å². The number of aliphatic hydroxyl groups excluding tert-OH is 1. The van der Waals surface area contributed by atoms with Gasteiger partial charge in [-0.1, -0.05) is 48.0 Å². The Labute approximate surface area is 206 Å². The maximum absolute atomic E-state index is 12.9. The summed E-state index contributed by atoms with van der Waals surface area (Å²) in [5.41, 5.74) is 5.53. The summed E-state index contributed by atoms with van der Waals surface area (Å²) in [7, 11) is 0. The molecule has 0 amide bonds. The van der Waals surface area contributed by atoms with E-state index in [1.807, 2.05) is 74.5 Å². The maximum Gasteiger partial charge on any atom is 0.340 e. The SMILES string of the molecule is CCOC(=O)c1c(C)n(-c2ccc(C)cc2)c2ccc(OC[C@H](O)CNCc3ccccc3)cc12. The Balaban J connectivity index is 1.53. The van der Waals surface area contributed by atoms with E-state index >= 15 is 0 Å². The van der Waals surface area contributed by atoms with Crippen LogP contribution in [0.5, 0.6) is 5.75 Å². The first-order chi connectivity index (χ1) is 17.0. The molecule has 4 aromatic rings. The van der Waals surface area contributed by atoms with Gasteiger partial charge < -0.3 is 24.5 Å². The van der Waals surface area contributed by atoms with E-state index in [2.05, 4.69) is 22.0 Å². The number of esters is 1. The van der Waals surface area contributed by atoms with Crippen LogP contribution < -0.4 is 10.1 Å². The van der Waals surface area contributed by atoms with Crippen molar-refractivity contribution in [2.75, 3.05) is 19.8 Å². The van der Waals surface area contributed by atoms with Crippen molar-refractivity contribution in [1.29, 1.82) is 0 Å². The number of aliphatic hydroxyl groups is 1. The third kappa shape index (κ3) is 5.73. The molecule has 0 saturated heterocycles. The predicted octanol–water partition coefficient (Wildman–Crippen LogP) is 4.95. The van der Waals surface area contributed by atoms with Crippen LogP contribution in [0, 0.1) is 13.8 Å². The molecular formula is C29H32N2O4. The number of carbonyl (C=O) groups excluding carboxylic acids is 1. The molecule has 0 unspecified atom stereocenters. The number of nitrogens with zero attached hydrogens (tertiary/aromatic N) is 1. The van der Waals surface area contributed by atoms with E-state index < -0.39 is 6.10 Å². The zero-order chi connectivity index (χ0) is 24.8. The number of carbonyl (C=O) groups is 1. The largest absolute Gasteiger partial charge is 0.491 e. The lowest BCUT2D eigenvalue weighted by Gasteiger charge is -2.14. The van der Waals surface area contributed by atoms with Gasteiger partial charge in [0.1, 0.15) is 18.5 Å². The first-order valence-corrected chi connectivity index (χ1v) is 11.9. The summed E-state index contributed by atoms with van der Waals surface area (Å²) in [5.74, 6) is 0.231. The third-order valence-electron chi connectivity index (χ3n) is 5.94. The molecule has 0 radical (unpaired) electrons. The molecule has 4 rings (SSSR count). The zero-order valence-electron chi connectivity index (χ0n) is 20.5. The molecule has 1 aromatic heterocycles. The second-order valence-corrected chi connectivity index (χ2v) is 8.61. The number of aromatic nitrogens is 1. The standard InChI is InChI=1S/C29H32N2O4/c1-4-34-29(33)28-21(3)31(23-12-10-20(2)11-13-23)27-15-14-25(16-26(27)28)35-19-24(32)18-30-17-22-8-6-5-7-9-22/h5-16,24,30,32H,4,17-19H2,1-3H3/t24-/m1/s1. The summed E-state index contributed by atoms with van der Waals surface area (Å²) in [4.78, 5) is 12.9. The lowest BCUT2D eigenvalue weighted by Crippen LogP contribution is -2.31. The van der Waals surface area contributed by atoms with Crippen LogP contribution in [0.3, 0.4) is 0 Å². The van der Waals surface area contributed by atoms with E-state index in [1.54, 1.807) is 6.92 Å². The minimum absolute atomic E-state index is 0.139. The Morgan fingerprint density at radius 2 is 1.77 bits per heavy atom. The highest BCUT2D eigenvalue weighted by Gasteiger charge is 2.22. The summed E-state index contributed by atoms with van der Waals surface area (Å²) in [6.45, 7) is 7.30. The molecule has 0 bridgehead atoms. The molecule has 0 spiro atoms. The molecule has 2 N–H and O–H groups in total. The van der Waals surface area contributed by atoms with Gasteiger partial charge in [-0.3, -0.25) is 0 Å². The number of aryl methyl sites for hydroxylation is 1.